The van der Waals surface area contributed by atoms with Crippen molar-refractivity contribution in [3.05, 3.63) is 0 Å². The molecule has 0 saturated carbocycles. The third-order valence-electron chi connectivity index (χ3n) is 2.04. The molecular formula is C8H12N2O5S. The summed E-state index contributed by atoms with van der Waals surface area (Å²) in [4.78, 5) is 34.2. The molecule has 1 unspecified atom stereocenters. The first-order valence-electron chi connectivity index (χ1n) is 4.48. The number of nitrogens with one attached hydrogen (secondary N) is 1. The van der Waals surface area contributed by atoms with Gasteiger partial charge in [0.25, 0.3) is 0 Å². The minimum Gasteiger partial charge on any atom is -0.480 e. The quantitative estimate of drug-likeness (QED) is 0.643. The third-order valence-corrected chi connectivity index (χ3v) is 3.05. The van der Waals surface area contributed by atoms with Crippen LogP contribution in [0.15, 0.2) is 0 Å². The highest BCUT2D eigenvalue weighted by Gasteiger charge is 2.34. The van der Waals surface area contributed by atoms with E-state index in [4.69, 9.17) is 5.11 Å². The number of methoxy groups -OCH3 is 1. The molecule has 8 heteroatoms. The highest BCUT2D eigenvalue weighted by molar-refractivity contribution is 7.99. The second-order valence-electron chi connectivity index (χ2n) is 3.06. The molecule has 7 nitrogen and oxygen atoms in total. The normalized spacial score (nSPS) is 19.3. The summed E-state index contributed by atoms with van der Waals surface area (Å²) in [7, 11) is 1.21. The molecule has 16 heavy (non-hydrogen) atoms. The summed E-state index contributed by atoms with van der Waals surface area (Å²) in [6.07, 6.45) is 0. The van der Waals surface area contributed by atoms with Gasteiger partial charge in [0.1, 0.15) is 12.6 Å². The number of carboxylic acids is 1. The Morgan fingerprint density at radius 1 is 1.56 bits per heavy atom. The van der Waals surface area contributed by atoms with Gasteiger partial charge in [-0.15, -0.1) is 11.8 Å². The minimum atomic E-state index is -1.04. The predicted molar refractivity (Wildman–Crippen MR) is 56.0 cm³/mol. The van der Waals surface area contributed by atoms with Crippen LogP contribution in [0.5, 0.6) is 0 Å². The van der Waals surface area contributed by atoms with Crippen molar-refractivity contribution >= 4 is 29.7 Å². The zero-order valence-electron chi connectivity index (χ0n) is 8.63. The highest BCUT2D eigenvalue weighted by Crippen LogP contribution is 2.20. The van der Waals surface area contributed by atoms with Gasteiger partial charge in [-0.05, 0) is 0 Å². The van der Waals surface area contributed by atoms with Crippen molar-refractivity contribution in [3.63, 3.8) is 0 Å². The van der Waals surface area contributed by atoms with Crippen molar-refractivity contribution < 1.29 is 24.2 Å². The fourth-order valence-corrected chi connectivity index (χ4v) is 2.31. The number of nitrogens with zero attached hydrogens (tertiary/aromatic N) is 1. The molecule has 1 aliphatic heterocycles. The molecular weight excluding hydrogens is 236 g/mol. The lowest BCUT2D eigenvalue weighted by atomic mass is 10.3. The first-order valence-corrected chi connectivity index (χ1v) is 5.63. The van der Waals surface area contributed by atoms with Gasteiger partial charge in [0, 0.05) is 5.75 Å². The standard InChI is InChI=1S/C8H12N2O5S/c1-15-6(11)2-9-8(14)10-4-16-3-5(10)7(12)13/h5H,2-4H2,1H3,(H,9,14)(H,12,13). The lowest BCUT2D eigenvalue weighted by Crippen LogP contribution is -2.48. The van der Waals surface area contributed by atoms with E-state index in [1.165, 1.54) is 23.8 Å². The van der Waals surface area contributed by atoms with Crippen molar-refractivity contribution in [2.75, 3.05) is 25.3 Å². The Hall–Kier alpha value is -1.44. The summed E-state index contributed by atoms with van der Waals surface area (Å²) in [5.41, 5.74) is 0. The molecule has 1 aliphatic rings. The number of esters is 1. The summed E-state index contributed by atoms with van der Waals surface area (Å²) in [6, 6.07) is -1.40. The van der Waals surface area contributed by atoms with E-state index in [1.54, 1.807) is 0 Å². The monoisotopic (exact) mass is 248 g/mol. The molecule has 0 spiro atoms. The highest BCUT2D eigenvalue weighted by atomic mass is 32.2. The Balaban J connectivity index is 2.47. The van der Waals surface area contributed by atoms with Crippen molar-refractivity contribution in [2.45, 2.75) is 6.04 Å². The molecule has 1 rings (SSSR count). The van der Waals surface area contributed by atoms with Crippen LogP contribution in [0.3, 0.4) is 0 Å². The van der Waals surface area contributed by atoms with E-state index in [9.17, 15) is 14.4 Å². The molecule has 0 radical (unpaired) electrons. The molecule has 0 aromatic heterocycles. The van der Waals surface area contributed by atoms with Gasteiger partial charge in [0.05, 0.1) is 13.0 Å². The molecule has 2 amide bonds. The molecule has 0 aromatic rings. The van der Waals surface area contributed by atoms with E-state index in [0.717, 1.165) is 0 Å². The Labute approximate surface area is 96.1 Å². The third kappa shape index (κ3) is 3.02. The summed E-state index contributed by atoms with van der Waals surface area (Å²) in [5.74, 6) is -0.949. The lowest BCUT2D eigenvalue weighted by molar-refractivity contribution is -0.140. The fourth-order valence-electron chi connectivity index (χ4n) is 1.17. The number of hydrogen-bond donors (Lipinski definition) is 2. The van der Waals surface area contributed by atoms with Gasteiger partial charge in [-0.2, -0.15) is 0 Å². The van der Waals surface area contributed by atoms with Gasteiger partial charge >= 0.3 is 18.0 Å². The SMILES string of the molecule is COC(=O)CNC(=O)N1CSCC1C(=O)O. The molecule has 0 bridgehead atoms. The number of ether oxygens (including phenoxy) is 1. The van der Waals surface area contributed by atoms with Gasteiger partial charge < -0.3 is 20.1 Å². The van der Waals surface area contributed by atoms with Crippen LogP contribution in [0.2, 0.25) is 0 Å². The summed E-state index contributed by atoms with van der Waals surface area (Å²) >= 11 is 1.36. The van der Waals surface area contributed by atoms with Gasteiger partial charge in [-0.3, -0.25) is 4.79 Å². The Morgan fingerprint density at radius 2 is 2.25 bits per heavy atom. The van der Waals surface area contributed by atoms with Crippen LogP contribution in [0, 0.1) is 0 Å². The van der Waals surface area contributed by atoms with Crippen LogP contribution in [-0.2, 0) is 14.3 Å². The van der Waals surface area contributed by atoms with Crippen LogP contribution in [0.4, 0.5) is 4.79 Å². The Kier molecular flexibility index (Phi) is 4.41. The lowest BCUT2D eigenvalue weighted by Gasteiger charge is -2.20. The van der Waals surface area contributed by atoms with Crippen LogP contribution in [0.25, 0.3) is 0 Å². The van der Waals surface area contributed by atoms with Crippen molar-refractivity contribution in [1.82, 2.24) is 10.2 Å². The van der Waals surface area contributed by atoms with E-state index < -0.39 is 24.0 Å². The number of carbonyl (C=O) groups excluding carboxylic acids is 2. The van der Waals surface area contributed by atoms with E-state index in [1.807, 2.05) is 0 Å². The minimum absolute atomic E-state index is 0.261. The van der Waals surface area contributed by atoms with Gasteiger partial charge in [0.2, 0.25) is 0 Å². The molecule has 1 saturated heterocycles. The average molecular weight is 248 g/mol. The van der Waals surface area contributed by atoms with Crippen molar-refractivity contribution in [1.29, 1.82) is 0 Å². The number of carboxylic acid groups (broad SMARTS) is 1. The number of rotatable bonds is 3. The Morgan fingerprint density at radius 3 is 2.81 bits per heavy atom. The zero-order chi connectivity index (χ0) is 12.1. The van der Waals surface area contributed by atoms with E-state index in [-0.39, 0.29) is 6.54 Å². The predicted octanol–water partition coefficient (Wildman–Crippen LogP) is -0.671. The van der Waals surface area contributed by atoms with Crippen LogP contribution in [0.1, 0.15) is 0 Å². The van der Waals surface area contributed by atoms with Crippen LogP contribution < -0.4 is 5.32 Å². The second kappa shape index (κ2) is 5.59. The maximum absolute atomic E-state index is 11.5. The largest absolute Gasteiger partial charge is 0.480 e. The maximum atomic E-state index is 11.5. The van der Waals surface area contributed by atoms with Gasteiger partial charge in [0.15, 0.2) is 0 Å². The average Bonchev–Trinajstić information content (AvgIpc) is 2.74. The topological polar surface area (TPSA) is 95.9 Å². The molecule has 90 valence electrons. The van der Waals surface area contributed by atoms with E-state index in [2.05, 4.69) is 10.1 Å². The van der Waals surface area contributed by atoms with Gasteiger partial charge in [-0.1, -0.05) is 0 Å². The summed E-state index contributed by atoms with van der Waals surface area (Å²) < 4.78 is 4.34. The van der Waals surface area contributed by atoms with Crippen molar-refractivity contribution in [3.8, 4) is 0 Å². The number of carbonyl (C=O) groups is 3. The van der Waals surface area contributed by atoms with Crippen LogP contribution in [-0.4, -0.2) is 59.3 Å². The second-order valence-corrected chi connectivity index (χ2v) is 4.06. The van der Waals surface area contributed by atoms with Crippen LogP contribution >= 0.6 is 11.8 Å². The summed E-state index contributed by atoms with van der Waals surface area (Å²) in [6.45, 7) is -0.261. The first-order chi connectivity index (χ1) is 7.56. The number of thioether (sulfide) groups is 1. The zero-order valence-corrected chi connectivity index (χ0v) is 9.45. The summed E-state index contributed by atoms with van der Waals surface area (Å²) in [5, 5.41) is 11.1. The molecule has 1 atom stereocenters. The number of aliphatic carboxylic acids is 1. The fraction of sp³-hybridized carbons (Fsp3) is 0.625. The van der Waals surface area contributed by atoms with E-state index in [0.29, 0.717) is 11.6 Å². The molecule has 2 N–H and O–H groups in total. The first kappa shape index (κ1) is 12.6. The van der Waals surface area contributed by atoms with Gasteiger partial charge in [-0.25, -0.2) is 9.59 Å². The Bertz CT molecular complexity index is 309. The molecule has 1 fully saturated rings. The molecule has 0 aliphatic carbocycles. The number of urea groups is 1. The number of hydrogen-bond acceptors (Lipinski definition) is 5. The molecule has 1 heterocycles. The maximum Gasteiger partial charge on any atom is 0.327 e. The number of amides is 2. The molecule has 0 aromatic carbocycles. The van der Waals surface area contributed by atoms with E-state index >= 15 is 0 Å². The smallest absolute Gasteiger partial charge is 0.327 e. The van der Waals surface area contributed by atoms with Crippen molar-refractivity contribution in [2.24, 2.45) is 0 Å².